The number of Topliss-reactive ketones (excluding diaryl/α,β-unsaturated/α-hetero) is 1. The van der Waals surface area contributed by atoms with E-state index in [0.29, 0.717) is 12.2 Å². The Balaban J connectivity index is 1.98. The van der Waals surface area contributed by atoms with E-state index < -0.39 is 49.5 Å². The van der Waals surface area contributed by atoms with Gasteiger partial charge < -0.3 is 40.3 Å². The first-order chi connectivity index (χ1) is 41.2. The second-order valence-corrected chi connectivity index (χ2v) is 26.1. The first-order valence-electron chi connectivity index (χ1n) is 37.0. The van der Waals surface area contributed by atoms with Gasteiger partial charge in [-0.1, -0.05) is 327 Å². The van der Waals surface area contributed by atoms with E-state index >= 15 is 0 Å². The van der Waals surface area contributed by atoms with Gasteiger partial charge in [-0.3, -0.25) is 9.59 Å². The Morgan fingerprint density at radius 3 is 1.04 bits per heavy atom. The molecule has 0 spiro atoms. The highest BCUT2D eigenvalue weighted by Crippen LogP contribution is 2.24. The van der Waals surface area contributed by atoms with Crippen molar-refractivity contribution in [1.82, 2.24) is 5.32 Å². The van der Waals surface area contributed by atoms with Crippen molar-refractivity contribution >= 4 is 11.7 Å². The maximum absolute atomic E-state index is 13.1. The molecule has 7 atom stereocenters. The Bertz CT molecular complexity index is 1440. The number of hydrogen-bond donors (Lipinski definition) is 6. The van der Waals surface area contributed by atoms with E-state index in [4.69, 9.17) is 9.47 Å². The Morgan fingerprint density at radius 1 is 0.405 bits per heavy atom. The molecule has 6 N–H and O–H groups in total. The van der Waals surface area contributed by atoms with Crippen LogP contribution >= 0.6 is 0 Å². The second-order valence-electron chi connectivity index (χ2n) is 26.1. The number of amides is 1. The number of carbonyl (C=O) groups excluding carboxylic acids is 2. The van der Waals surface area contributed by atoms with Crippen molar-refractivity contribution in [2.24, 2.45) is 0 Å². The maximum Gasteiger partial charge on any atom is 0.220 e. The third-order valence-corrected chi connectivity index (χ3v) is 17.9. The van der Waals surface area contributed by atoms with E-state index in [1.54, 1.807) is 6.08 Å². The normalized spacial score (nSPS) is 18.2. The minimum atomic E-state index is -1.57. The smallest absolute Gasteiger partial charge is 0.220 e. The maximum atomic E-state index is 13.1. The minimum Gasteiger partial charge on any atom is -0.394 e. The quantitative estimate of drug-likeness (QED) is 0.0257. The summed E-state index contributed by atoms with van der Waals surface area (Å²) < 4.78 is 11.3. The number of nitrogens with one attached hydrogen (secondary N) is 1. The first-order valence-corrected chi connectivity index (χ1v) is 37.0. The molecule has 0 saturated carbocycles. The molecule has 1 rings (SSSR count). The van der Waals surface area contributed by atoms with Crippen molar-refractivity contribution in [2.75, 3.05) is 13.2 Å². The van der Waals surface area contributed by atoms with Crippen LogP contribution in [0.4, 0.5) is 0 Å². The summed E-state index contributed by atoms with van der Waals surface area (Å²) in [6.45, 7) is 3.79. The van der Waals surface area contributed by atoms with Gasteiger partial charge in [-0.15, -0.1) is 0 Å². The molecule has 0 unspecified atom stereocenters. The van der Waals surface area contributed by atoms with Gasteiger partial charge in [-0.05, 0) is 57.8 Å². The van der Waals surface area contributed by atoms with Gasteiger partial charge in [-0.2, -0.15) is 0 Å². The molecule has 1 aliphatic rings. The van der Waals surface area contributed by atoms with Crippen LogP contribution in [0.15, 0.2) is 24.3 Å². The lowest BCUT2D eigenvalue weighted by Gasteiger charge is -2.40. The zero-order valence-electron chi connectivity index (χ0n) is 55.4. The average molecular weight is 1190 g/mol. The molecule has 0 aromatic rings. The van der Waals surface area contributed by atoms with Crippen molar-refractivity contribution < 1.29 is 44.6 Å². The lowest BCUT2D eigenvalue weighted by atomic mass is 9.99. The Labute approximate surface area is 519 Å². The number of allylic oxidation sites excluding steroid dienone is 3. The predicted octanol–water partition coefficient (Wildman–Crippen LogP) is 19.6. The fraction of sp³-hybridized carbons (Fsp3) is 0.919. The topological polar surface area (TPSA) is 166 Å². The van der Waals surface area contributed by atoms with Crippen LogP contribution in [-0.4, -0.2) is 93.3 Å². The molecular formula is C74H141NO9. The van der Waals surface area contributed by atoms with Gasteiger partial charge in [0.2, 0.25) is 5.91 Å². The molecule has 0 aromatic carbocycles. The highest BCUT2D eigenvalue weighted by molar-refractivity contribution is 5.78. The molecule has 0 aliphatic carbocycles. The Morgan fingerprint density at radius 2 is 0.702 bits per heavy atom. The molecule has 1 fully saturated rings. The third-order valence-electron chi connectivity index (χ3n) is 17.9. The van der Waals surface area contributed by atoms with Gasteiger partial charge in [0, 0.05) is 19.3 Å². The zero-order valence-corrected chi connectivity index (χ0v) is 55.4. The van der Waals surface area contributed by atoms with Gasteiger partial charge in [0.05, 0.1) is 25.4 Å². The molecule has 496 valence electrons. The van der Waals surface area contributed by atoms with Crippen molar-refractivity contribution in [3.63, 3.8) is 0 Å². The van der Waals surface area contributed by atoms with Crippen LogP contribution in [0.3, 0.4) is 0 Å². The highest BCUT2D eigenvalue weighted by Gasteiger charge is 2.44. The molecule has 0 radical (unpaired) electrons. The van der Waals surface area contributed by atoms with Crippen molar-refractivity contribution in [1.29, 1.82) is 0 Å². The molecule has 1 heterocycles. The standard InChI is InChI=1S/C74H141NO9/c1-3-5-7-9-11-13-15-17-32-36-40-44-48-52-56-60-66(77)61-57-53-49-45-41-37-34-30-28-26-24-22-20-19-21-23-25-27-29-31-35-39-43-47-51-55-59-63-70(79)75-67(65-83-74-73(82)72(81)71(80)69(64-76)84-74)68(78)62-58-54-50-46-42-38-33-18-16-14-12-10-8-6-4-2/h17,32,58,62,67-69,71-74,76,78,80-82H,3-16,18-31,33-57,59-61,63-65H2,1-2H3,(H,75,79)/b32-17-,62-58+/t67-,68+,69+,71+,72-,73+,74+/m0/s1. The molecule has 1 amide bonds. The number of ether oxygens (including phenoxy) is 2. The van der Waals surface area contributed by atoms with Crippen LogP contribution in [0.2, 0.25) is 0 Å². The molecule has 10 heteroatoms. The zero-order chi connectivity index (χ0) is 60.9. The molecular weight excluding hydrogens is 1050 g/mol. The van der Waals surface area contributed by atoms with Crippen molar-refractivity contribution in [2.45, 2.75) is 423 Å². The summed E-state index contributed by atoms with van der Waals surface area (Å²) in [6, 6.07) is -0.807. The molecule has 0 aromatic heterocycles. The largest absolute Gasteiger partial charge is 0.394 e. The fourth-order valence-corrected chi connectivity index (χ4v) is 12.1. The number of carbonyl (C=O) groups is 2. The van der Waals surface area contributed by atoms with E-state index in [-0.39, 0.29) is 12.5 Å². The summed E-state index contributed by atoms with van der Waals surface area (Å²) in [5.41, 5.74) is 0. The van der Waals surface area contributed by atoms with E-state index in [1.807, 2.05) is 6.08 Å². The average Bonchev–Trinajstić information content (AvgIpc) is 3.70. The first kappa shape index (κ1) is 80.4. The predicted molar refractivity (Wildman–Crippen MR) is 355 cm³/mol. The van der Waals surface area contributed by atoms with Crippen LogP contribution in [0.25, 0.3) is 0 Å². The fourth-order valence-electron chi connectivity index (χ4n) is 12.1. The van der Waals surface area contributed by atoms with E-state index in [2.05, 4.69) is 31.3 Å². The van der Waals surface area contributed by atoms with Crippen LogP contribution in [-0.2, 0) is 19.1 Å². The monoisotopic (exact) mass is 1190 g/mol. The van der Waals surface area contributed by atoms with Gasteiger partial charge in [-0.25, -0.2) is 0 Å². The highest BCUT2D eigenvalue weighted by atomic mass is 16.7. The molecule has 1 aliphatic heterocycles. The lowest BCUT2D eigenvalue weighted by Crippen LogP contribution is -2.60. The Kier molecular flexibility index (Phi) is 60.2. The van der Waals surface area contributed by atoms with Crippen LogP contribution in [0, 0.1) is 0 Å². The lowest BCUT2D eigenvalue weighted by molar-refractivity contribution is -0.302. The number of ketones is 1. The third kappa shape index (κ3) is 51.2. The van der Waals surface area contributed by atoms with Crippen LogP contribution in [0.5, 0.6) is 0 Å². The number of unbranched alkanes of at least 4 members (excludes halogenated alkanes) is 50. The summed E-state index contributed by atoms with van der Waals surface area (Å²) in [6.07, 6.45) is 72.0. The Hall–Kier alpha value is -1.66. The van der Waals surface area contributed by atoms with Crippen LogP contribution in [0.1, 0.15) is 380 Å². The van der Waals surface area contributed by atoms with Gasteiger partial charge in [0.1, 0.15) is 30.2 Å². The molecule has 1 saturated heterocycles. The summed E-state index contributed by atoms with van der Waals surface area (Å²) in [5.74, 6) is 0.326. The SMILES string of the molecule is CCCCCCCC/C=C\CCCCCCCC(=O)CCCCCCCCCCCCCCCCCCCCCCCCCCCCCC(=O)N[C@@H](CO[C@@H]1O[C@H](CO)[C@@H](O)[C@H](O)[C@H]1O)[C@H](O)/C=C/CCCCCCCCCCCCCCC. The molecule has 10 nitrogen and oxygen atoms in total. The second kappa shape index (κ2) is 62.9. The van der Waals surface area contributed by atoms with Crippen molar-refractivity contribution in [3.05, 3.63) is 24.3 Å². The van der Waals surface area contributed by atoms with Crippen LogP contribution < -0.4 is 5.32 Å². The summed E-state index contributed by atoms with van der Waals surface area (Å²) in [5, 5.41) is 54.6. The number of aliphatic hydroxyl groups is 5. The van der Waals surface area contributed by atoms with Gasteiger partial charge in [0.15, 0.2) is 6.29 Å². The minimum absolute atomic E-state index is 0.174. The van der Waals surface area contributed by atoms with Gasteiger partial charge in [0.25, 0.3) is 0 Å². The number of aliphatic hydroxyl groups excluding tert-OH is 5. The van der Waals surface area contributed by atoms with Crippen molar-refractivity contribution in [3.8, 4) is 0 Å². The van der Waals surface area contributed by atoms with E-state index in [0.717, 1.165) is 64.2 Å². The molecule has 84 heavy (non-hydrogen) atoms. The summed E-state index contributed by atoms with van der Waals surface area (Å²) >= 11 is 0. The summed E-state index contributed by atoms with van der Waals surface area (Å²) in [7, 11) is 0. The number of rotatable bonds is 66. The molecule has 0 bridgehead atoms. The van der Waals surface area contributed by atoms with E-state index in [1.165, 1.54) is 295 Å². The van der Waals surface area contributed by atoms with Gasteiger partial charge >= 0.3 is 0 Å². The van der Waals surface area contributed by atoms with E-state index in [9.17, 15) is 35.1 Å². The summed E-state index contributed by atoms with van der Waals surface area (Å²) in [4.78, 5) is 25.4. The number of hydrogen-bond acceptors (Lipinski definition) is 9.